The zero-order chi connectivity index (χ0) is 28.1. The SMILES string of the molecule is Br[I-]Br.Br[I-]Br.Br[I-]Br.CC(O[B-](OC(C)=[N+](C)C)(OC(C)=[N+](C)C)OC(C)=[N+](C)C)=[N+](C)C. The van der Waals surface area contributed by atoms with Gasteiger partial charge in [0.05, 0.1) is 27.7 Å². The molecular weight excluding hydrogens is 1180 g/mol. The van der Waals surface area contributed by atoms with Gasteiger partial charge in [0.2, 0.25) is 0 Å². The van der Waals surface area contributed by atoms with E-state index in [1.807, 2.05) is 102 Å². The molecule has 0 bridgehead atoms. The van der Waals surface area contributed by atoms with Crippen LogP contribution in [0.2, 0.25) is 0 Å². The van der Waals surface area contributed by atoms with Crippen LogP contribution >= 0.6 is 76.1 Å². The van der Waals surface area contributed by atoms with Crippen molar-refractivity contribution in [3.05, 3.63) is 0 Å². The quantitative estimate of drug-likeness (QED) is 0.0960. The minimum Gasteiger partial charge on any atom is -0.566 e. The topological polar surface area (TPSA) is 49.0 Å². The molecule has 0 amide bonds. The van der Waals surface area contributed by atoms with Crippen LogP contribution in [0.15, 0.2) is 0 Å². The fourth-order valence-corrected chi connectivity index (χ4v) is 1.40. The van der Waals surface area contributed by atoms with Gasteiger partial charge in [-0.3, -0.25) is 0 Å². The Hall–Kier alpha value is 3.01. The van der Waals surface area contributed by atoms with Gasteiger partial charge in [-0.05, 0) is 0 Å². The molecule has 0 spiro atoms. The summed E-state index contributed by atoms with van der Waals surface area (Å²) >= 11 is 19.7. The Labute approximate surface area is 273 Å². The standard InChI is InChI=1S/C16H36BN4O4.3Br2I/c1-13(18(5)6)22-17(23-14(2)19(7)8,24-15(3)20(9)10)25-16(4)21(11)12;3*1-3-2/h1-12H3;;;/q+3;3*-1. The van der Waals surface area contributed by atoms with Gasteiger partial charge in [0.25, 0.3) is 23.6 Å². The zero-order valence-corrected chi connectivity index (χ0v) is 37.4. The van der Waals surface area contributed by atoms with Crippen molar-refractivity contribution in [3.63, 3.8) is 0 Å². The van der Waals surface area contributed by atoms with Crippen molar-refractivity contribution < 1.29 is 87.2 Å². The fraction of sp³-hybridized carbons (Fsp3) is 0.750. The Morgan fingerprint density at radius 2 is 0.559 bits per heavy atom. The van der Waals surface area contributed by atoms with E-state index < -0.39 is 6.96 Å². The Kier molecular flexibility index (Phi) is 35.7. The number of hydrogen-bond acceptors (Lipinski definition) is 4. The summed E-state index contributed by atoms with van der Waals surface area (Å²) in [4.78, 5) is 0. The van der Waals surface area contributed by atoms with Crippen LogP contribution in [0.25, 0.3) is 0 Å². The van der Waals surface area contributed by atoms with E-state index in [1.54, 1.807) is 0 Å². The third kappa shape index (κ3) is 26.6. The number of nitrogens with zero attached hydrogens (tertiary/aromatic N) is 4. The minimum absolute atomic E-state index is 0.215. The van der Waals surface area contributed by atoms with Crippen molar-refractivity contribution in [2.24, 2.45) is 0 Å². The Morgan fingerprint density at radius 1 is 0.441 bits per heavy atom. The van der Waals surface area contributed by atoms with Crippen LogP contribution in [-0.2, 0) is 18.6 Å². The summed E-state index contributed by atoms with van der Waals surface area (Å²) in [5.41, 5.74) is 0. The molecule has 8 nitrogen and oxygen atoms in total. The Morgan fingerprint density at radius 3 is 0.647 bits per heavy atom. The zero-order valence-electron chi connectivity index (χ0n) is 21.4. The number of rotatable bonds is 4. The molecule has 0 aromatic carbocycles. The first-order chi connectivity index (χ1) is 15.6. The molecule has 34 heavy (non-hydrogen) atoms. The monoisotopic (exact) mass is 1210 g/mol. The fourth-order valence-electron chi connectivity index (χ4n) is 1.40. The van der Waals surface area contributed by atoms with Gasteiger partial charge in [-0.15, -0.1) is 0 Å². The van der Waals surface area contributed by atoms with Crippen molar-refractivity contribution in [2.45, 2.75) is 27.7 Å². The summed E-state index contributed by atoms with van der Waals surface area (Å²) in [6.45, 7) is 4.69. The van der Waals surface area contributed by atoms with Gasteiger partial charge in [-0.1, -0.05) is 0 Å². The van der Waals surface area contributed by atoms with Crippen LogP contribution in [0.3, 0.4) is 0 Å². The number of halogens is 9. The van der Waals surface area contributed by atoms with Crippen LogP contribution in [0.5, 0.6) is 0 Å². The van der Waals surface area contributed by atoms with Gasteiger partial charge in [-0.2, -0.15) is 0 Å². The third-order valence-electron chi connectivity index (χ3n) is 3.78. The van der Waals surface area contributed by atoms with E-state index in [1.165, 1.54) is 0 Å². The summed E-state index contributed by atoms with van der Waals surface area (Å²) in [7, 11) is 15.0. The molecule has 0 heterocycles. The van der Waals surface area contributed by atoms with E-state index in [0.717, 1.165) is 0 Å². The maximum atomic E-state index is 6.06. The molecule has 18 heteroatoms. The van der Waals surface area contributed by atoms with Crippen molar-refractivity contribution >= 4 is 107 Å². The summed E-state index contributed by atoms with van der Waals surface area (Å²) in [5.74, 6) is 2.41. The summed E-state index contributed by atoms with van der Waals surface area (Å²) < 4.78 is 31.5. The van der Waals surface area contributed by atoms with Gasteiger partial charge in [0.15, 0.2) is 0 Å². The van der Waals surface area contributed by atoms with Crippen molar-refractivity contribution in [3.8, 4) is 0 Å². The van der Waals surface area contributed by atoms with Gasteiger partial charge in [0.1, 0.15) is 56.4 Å². The van der Waals surface area contributed by atoms with Crippen LogP contribution in [0.4, 0.5) is 0 Å². The molecule has 0 rings (SSSR count). The second kappa shape index (κ2) is 27.6. The molecule has 0 aliphatic rings. The average Bonchev–Trinajstić information content (AvgIpc) is 2.69. The molecule has 0 aromatic heterocycles. The van der Waals surface area contributed by atoms with Gasteiger partial charge >= 0.3 is 133 Å². The Balaban J connectivity index is -0.000000429. The van der Waals surface area contributed by atoms with E-state index in [4.69, 9.17) is 18.6 Å². The second-order valence-electron chi connectivity index (χ2n) is 6.86. The summed E-state index contributed by atoms with van der Waals surface area (Å²) in [6.07, 6.45) is 0. The van der Waals surface area contributed by atoms with Crippen molar-refractivity contribution in [1.29, 1.82) is 0 Å². The first-order valence-corrected chi connectivity index (χ1v) is 38.1. The van der Waals surface area contributed by atoms with Gasteiger partial charge in [0, 0.05) is 0 Å². The van der Waals surface area contributed by atoms with Crippen LogP contribution in [0.1, 0.15) is 27.7 Å². The molecule has 0 aliphatic heterocycles. The van der Waals surface area contributed by atoms with E-state index in [-0.39, 0.29) is 50.3 Å². The molecule has 0 unspecified atom stereocenters. The normalized spacial score (nSPS) is 9.59. The number of hydrogen-bond donors (Lipinski definition) is 0. The molecule has 0 radical (unpaired) electrons. The minimum atomic E-state index is -2.62. The molecule has 0 saturated heterocycles. The molecule has 210 valence electrons. The van der Waals surface area contributed by atoms with Crippen molar-refractivity contribution in [1.82, 2.24) is 0 Å². The maximum absolute atomic E-state index is 6.06. The van der Waals surface area contributed by atoms with Gasteiger partial charge in [-0.25, -0.2) is 18.3 Å². The van der Waals surface area contributed by atoms with Crippen LogP contribution < -0.4 is 50.3 Å². The van der Waals surface area contributed by atoms with Crippen LogP contribution in [0, 0.1) is 0 Å². The summed E-state index contributed by atoms with van der Waals surface area (Å²) in [5, 5.41) is 0. The molecule has 0 aliphatic carbocycles. The molecule has 0 atom stereocenters. The van der Waals surface area contributed by atoms with Gasteiger partial charge < -0.3 is 18.6 Å². The molecule has 0 fully saturated rings. The molecule has 0 saturated carbocycles. The smallest absolute Gasteiger partial charge is 0.566 e. The van der Waals surface area contributed by atoms with E-state index in [2.05, 4.69) is 76.1 Å². The first-order valence-electron chi connectivity index (χ1n) is 9.09. The van der Waals surface area contributed by atoms with E-state index >= 15 is 0 Å². The van der Waals surface area contributed by atoms with E-state index in [0.29, 0.717) is 23.6 Å². The maximum Gasteiger partial charge on any atom is 0.791 e. The first kappa shape index (κ1) is 44.0. The van der Waals surface area contributed by atoms with Crippen molar-refractivity contribution in [2.75, 3.05) is 56.4 Å². The largest absolute Gasteiger partial charge is 0.791 e. The Bertz CT molecular complexity index is 573. The summed E-state index contributed by atoms with van der Waals surface area (Å²) in [6, 6.07) is 0. The molecule has 0 aromatic rings. The molecular formula is C16H36BBr6I3N4O4. The average molecular weight is 1220 g/mol. The van der Waals surface area contributed by atoms with Crippen LogP contribution in [-0.4, -0.2) is 105 Å². The third-order valence-corrected chi connectivity index (χ3v) is 3.78. The molecule has 0 N–H and O–H groups in total. The predicted molar refractivity (Wildman–Crippen MR) is 155 cm³/mol. The second-order valence-corrected chi connectivity index (χ2v) is 36.0. The predicted octanol–water partition coefficient (Wildman–Crippen LogP) is -3.66. The van der Waals surface area contributed by atoms with E-state index in [9.17, 15) is 0 Å².